The predicted octanol–water partition coefficient (Wildman–Crippen LogP) is 0.300. The zero-order valence-corrected chi connectivity index (χ0v) is 6.60. The van der Waals surface area contributed by atoms with Gasteiger partial charge in [0.25, 0.3) is 0 Å². The number of hydrogen-bond donors (Lipinski definition) is 1. The molecule has 0 aromatic rings. The zero-order valence-electron chi connectivity index (χ0n) is 6.60. The van der Waals surface area contributed by atoms with Crippen molar-refractivity contribution in [2.24, 2.45) is 0 Å². The van der Waals surface area contributed by atoms with Crippen molar-refractivity contribution in [3.63, 3.8) is 0 Å². The third kappa shape index (κ3) is 2.35. The highest BCUT2D eigenvalue weighted by Crippen LogP contribution is 2.10. The summed E-state index contributed by atoms with van der Waals surface area (Å²) in [5.74, 6) is -0.132. The maximum absolute atomic E-state index is 10.9. The molecule has 1 fully saturated rings. The quantitative estimate of drug-likeness (QED) is 0.424. The summed E-state index contributed by atoms with van der Waals surface area (Å²) in [5, 5.41) is 2.88. The summed E-state index contributed by atoms with van der Waals surface area (Å²) in [6, 6.07) is -0.0285. The van der Waals surface area contributed by atoms with Crippen LogP contribution in [0.15, 0.2) is 0 Å². The number of rotatable bonds is 1. The smallest absolute Gasteiger partial charge is 0.324 e. The Morgan fingerprint density at radius 3 is 2.40 bits per heavy atom. The molecule has 0 radical (unpaired) electrons. The average Bonchev–Trinajstić information content (AvgIpc) is 2.35. The third-order valence-electron chi connectivity index (χ3n) is 1.10. The summed E-state index contributed by atoms with van der Waals surface area (Å²) in [6.45, 7) is 6.38. The Balaban J connectivity index is 2.30. The molecule has 1 saturated heterocycles. The van der Waals surface area contributed by atoms with Crippen LogP contribution in [0.3, 0.4) is 0 Å². The van der Waals surface area contributed by atoms with Crippen molar-refractivity contribution in [3.8, 4) is 0 Å². The highest BCUT2D eigenvalue weighted by Gasteiger charge is 2.32. The SMILES string of the molecule is CC(C)(C)OC(=O)[C@H]1CN1. The lowest BCUT2D eigenvalue weighted by atomic mass is 10.2. The minimum Gasteiger partial charge on any atom is -0.459 e. The summed E-state index contributed by atoms with van der Waals surface area (Å²) >= 11 is 0. The molecule has 3 heteroatoms. The van der Waals surface area contributed by atoms with Gasteiger partial charge in [0.2, 0.25) is 0 Å². The van der Waals surface area contributed by atoms with Crippen molar-refractivity contribution in [1.82, 2.24) is 5.32 Å². The topological polar surface area (TPSA) is 48.2 Å². The average molecular weight is 143 g/mol. The Kier molecular flexibility index (Phi) is 1.68. The Bertz CT molecular complexity index is 144. The van der Waals surface area contributed by atoms with Crippen LogP contribution in [0.2, 0.25) is 0 Å². The number of nitrogens with one attached hydrogen (secondary N) is 1. The van der Waals surface area contributed by atoms with Crippen LogP contribution in [-0.4, -0.2) is 24.2 Å². The summed E-state index contributed by atoms with van der Waals surface area (Å²) < 4.78 is 5.06. The molecule has 10 heavy (non-hydrogen) atoms. The molecule has 0 aliphatic carbocycles. The van der Waals surface area contributed by atoms with E-state index in [1.54, 1.807) is 0 Å². The number of esters is 1. The minimum absolute atomic E-state index is 0.0285. The highest BCUT2D eigenvalue weighted by atomic mass is 16.6. The van der Waals surface area contributed by atoms with Crippen LogP contribution in [-0.2, 0) is 9.53 Å². The summed E-state index contributed by atoms with van der Waals surface area (Å²) in [5.41, 5.74) is -0.346. The first-order chi connectivity index (χ1) is 4.49. The van der Waals surface area contributed by atoms with Gasteiger partial charge < -0.3 is 10.1 Å². The summed E-state index contributed by atoms with van der Waals surface area (Å²) in [4.78, 5) is 10.9. The molecular formula is C7H13NO2. The van der Waals surface area contributed by atoms with Crippen molar-refractivity contribution < 1.29 is 9.53 Å². The van der Waals surface area contributed by atoms with Crippen LogP contribution < -0.4 is 5.32 Å². The second-order valence-electron chi connectivity index (χ2n) is 3.49. The molecule has 1 heterocycles. The van der Waals surface area contributed by atoms with Crippen molar-refractivity contribution in [2.75, 3.05) is 6.54 Å². The van der Waals surface area contributed by atoms with Crippen LogP contribution in [0.4, 0.5) is 0 Å². The normalized spacial score (nSPS) is 24.1. The molecule has 1 aliphatic heterocycles. The van der Waals surface area contributed by atoms with Gasteiger partial charge in [0.05, 0.1) is 0 Å². The van der Waals surface area contributed by atoms with E-state index in [4.69, 9.17) is 4.74 Å². The van der Waals surface area contributed by atoms with E-state index in [-0.39, 0.29) is 17.6 Å². The lowest BCUT2D eigenvalue weighted by molar-refractivity contribution is -0.154. The number of hydrogen-bond acceptors (Lipinski definition) is 3. The fourth-order valence-corrected chi connectivity index (χ4v) is 0.598. The highest BCUT2D eigenvalue weighted by molar-refractivity contribution is 5.79. The molecule has 1 N–H and O–H groups in total. The standard InChI is InChI=1S/C7H13NO2/c1-7(2,3)10-6(9)5-4-8-5/h5,8H,4H2,1-3H3/t5-/m1/s1. The van der Waals surface area contributed by atoms with Gasteiger partial charge in [-0.2, -0.15) is 0 Å². The van der Waals surface area contributed by atoms with Gasteiger partial charge in [-0.05, 0) is 20.8 Å². The van der Waals surface area contributed by atoms with Crippen LogP contribution in [0.5, 0.6) is 0 Å². The van der Waals surface area contributed by atoms with E-state index in [9.17, 15) is 4.79 Å². The molecule has 3 nitrogen and oxygen atoms in total. The van der Waals surface area contributed by atoms with Crippen molar-refractivity contribution in [3.05, 3.63) is 0 Å². The minimum atomic E-state index is -0.346. The monoisotopic (exact) mass is 143 g/mol. The molecule has 0 aromatic heterocycles. The van der Waals surface area contributed by atoms with Crippen molar-refractivity contribution in [1.29, 1.82) is 0 Å². The van der Waals surface area contributed by atoms with Gasteiger partial charge in [0.15, 0.2) is 0 Å². The molecular weight excluding hydrogens is 130 g/mol. The number of ether oxygens (including phenoxy) is 1. The molecule has 1 atom stereocenters. The fourth-order valence-electron chi connectivity index (χ4n) is 0.598. The maximum atomic E-state index is 10.9. The lowest BCUT2D eigenvalue weighted by Crippen LogP contribution is -2.27. The Morgan fingerprint density at radius 2 is 2.10 bits per heavy atom. The van der Waals surface area contributed by atoms with Crippen molar-refractivity contribution in [2.45, 2.75) is 32.4 Å². The fraction of sp³-hybridized carbons (Fsp3) is 0.857. The van der Waals surface area contributed by atoms with E-state index in [2.05, 4.69) is 5.32 Å². The zero-order chi connectivity index (χ0) is 7.78. The maximum Gasteiger partial charge on any atom is 0.324 e. The summed E-state index contributed by atoms with van der Waals surface area (Å²) in [6.07, 6.45) is 0. The molecule has 0 spiro atoms. The Morgan fingerprint density at radius 1 is 1.60 bits per heavy atom. The molecule has 0 amide bonds. The Hall–Kier alpha value is -0.570. The van der Waals surface area contributed by atoms with Gasteiger partial charge in [0, 0.05) is 6.54 Å². The van der Waals surface area contributed by atoms with Crippen LogP contribution in [0.1, 0.15) is 20.8 Å². The van der Waals surface area contributed by atoms with E-state index in [1.165, 1.54) is 0 Å². The van der Waals surface area contributed by atoms with Gasteiger partial charge in [-0.25, -0.2) is 0 Å². The van der Waals surface area contributed by atoms with Gasteiger partial charge >= 0.3 is 5.97 Å². The molecule has 0 aromatic carbocycles. The third-order valence-corrected chi connectivity index (χ3v) is 1.10. The van der Waals surface area contributed by atoms with E-state index < -0.39 is 0 Å². The second-order valence-corrected chi connectivity index (χ2v) is 3.49. The second kappa shape index (κ2) is 2.23. The van der Waals surface area contributed by atoms with Gasteiger partial charge in [-0.1, -0.05) is 0 Å². The lowest BCUT2D eigenvalue weighted by Gasteiger charge is -2.18. The van der Waals surface area contributed by atoms with Gasteiger partial charge in [-0.15, -0.1) is 0 Å². The predicted molar refractivity (Wildman–Crippen MR) is 37.6 cm³/mol. The first-order valence-electron chi connectivity index (χ1n) is 3.45. The molecule has 0 bridgehead atoms. The van der Waals surface area contributed by atoms with Crippen LogP contribution in [0.25, 0.3) is 0 Å². The van der Waals surface area contributed by atoms with Crippen LogP contribution >= 0.6 is 0 Å². The number of carbonyl (C=O) groups is 1. The molecule has 58 valence electrons. The van der Waals surface area contributed by atoms with Crippen LogP contribution in [0, 0.1) is 0 Å². The van der Waals surface area contributed by atoms with E-state index >= 15 is 0 Å². The van der Waals surface area contributed by atoms with Gasteiger partial charge in [-0.3, -0.25) is 4.79 Å². The molecule has 0 unspecified atom stereocenters. The molecule has 0 saturated carbocycles. The van der Waals surface area contributed by atoms with Gasteiger partial charge in [0.1, 0.15) is 11.6 Å². The van der Waals surface area contributed by atoms with E-state index in [0.717, 1.165) is 6.54 Å². The van der Waals surface area contributed by atoms with E-state index in [1.807, 2.05) is 20.8 Å². The molecule has 1 rings (SSSR count). The first-order valence-corrected chi connectivity index (χ1v) is 3.45. The Labute approximate surface area is 60.7 Å². The summed E-state index contributed by atoms with van der Waals surface area (Å²) in [7, 11) is 0. The number of carbonyl (C=O) groups excluding carboxylic acids is 1. The first kappa shape index (κ1) is 7.54. The largest absolute Gasteiger partial charge is 0.459 e. The van der Waals surface area contributed by atoms with E-state index in [0.29, 0.717) is 0 Å². The molecule has 1 aliphatic rings. The van der Waals surface area contributed by atoms with Crippen molar-refractivity contribution >= 4 is 5.97 Å².